The second-order valence-corrected chi connectivity index (χ2v) is 6.33. The maximum Gasteiger partial charge on any atom is 0.251 e. The van der Waals surface area contributed by atoms with Gasteiger partial charge in [-0.05, 0) is 44.1 Å². The zero-order valence-corrected chi connectivity index (χ0v) is 15.1. The summed E-state index contributed by atoms with van der Waals surface area (Å²) in [4.78, 5) is 12.5. The first-order valence-corrected chi connectivity index (χ1v) is 8.54. The van der Waals surface area contributed by atoms with E-state index in [0.717, 1.165) is 25.9 Å². The highest BCUT2D eigenvalue weighted by molar-refractivity contribution is 5.94. The Hall–Kier alpha value is -2.05. The van der Waals surface area contributed by atoms with Gasteiger partial charge in [0.2, 0.25) is 0 Å². The van der Waals surface area contributed by atoms with Crippen LogP contribution in [0.4, 0.5) is 0 Å². The van der Waals surface area contributed by atoms with Crippen molar-refractivity contribution in [1.82, 2.24) is 10.6 Å². The fraction of sp³-hybridized carbons (Fsp3) is 0.526. The smallest absolute Gasteiger partial charge is 0.251 e. The molecule has 1 heterocycles. The Morgan fingerprint density at radius 3 is 2.72 bits per heavy atom. The lowest BCUT2D eigenvalue weighted by atomic mass is 9.79. The first kappa shape index (κ1) is 19.3. The number of carbonyl (C=O) groups is 1. The minimum Gasteiger partial charge on any atom is -0.493 e. The Morgan fingerprint density at radius 1 is 1.32 bits per heavy atom. The molecule has 1 fully saturated rings. The third-order valence-corrected chi connectivity index (χ3v) is 4.52. The number of nitrogens with one attached hydrogen (secondary N) is 2. The van der Waals surface area contributed by atoms with Crippen LogP contribution in [0.5, 0.6) is 11.5 Å². The molecule has 1 saturated heterocycles. The molecule has 2 rings (SSSR count). The molecule has 0 radical (unpaired) electrons. The Labute approximate surface area is 149 Å². The summed E-state index contributed by atoms with van der Waals surface area (Å²) in [5, 5.41) is 6.40. The molecule has 0 spiro atoms. The van der Waals surface area contributed by atoms with E-state index < -0.39 is 0 Å². The van der Waals surface area contributed by atoms with Crippen molar-refractivity contribution in [2.45, 2.75) is 12.8 Å². The van der Waals surface area contributed by atoms with Gasteiger partial charge in [0.05, 0.1) is 13.7 Å². The van der Waals surface area contributed by atoms with Crippen LogP contribution < -0.4 is 20.1 Å². The highest BCUT2D eigenvalue weighted by Gasteiger charge is 2.32. The van der Waals surface area contributed by atoms with Gasteiger partial charge in [-0.3, -0.25) is 4.79 Å². The maximum absolute atomic E-state index is 12.5. The van der Waals surface area contributed by atoms with Crippen molar-refractivity contribution in [3.05, 3.63) is 36.4 Å². The van der Waals surface area contributed by atoms with Crippen molar-refractivity contribution < 1.29 is 19.0 Å². The molecule has 6 heteroatoms. The monoisotopic (exact) mass is 348 g/mol. The minimum absolute atomic E-state index is 0.00718. The molecule has 0 atom stereocenters. The molecule has 25 heavy (non-hydrogen) atoms. The zero-order valence-electron chi connectivity index (χ0n) is 15.1. The lowest BCUT2D eigenvalue weighted by Crippen LogP contribution is -2.47. The summed E-state index contributed by atoms with van der Waals surface area (Å²) in [5.41, 5.74) is 0.538. The molecule has 0 unspecified atom stereocenters. The molecule has 0 aliphatic carbocycles. The SMILES string of the molecule is C=CCOc1ccc(C(=O)NCC2(COC)CCNCC2)cc1OC. The van der Waals surface area contributed by atoms with Crippen LogP contribution in [0.1, 0.15) is 23.2 Å². The van der Waals surface area contributed by atoms with Crippen molar-refractivity contribution >= 4 is 5.91 Å². The molecule has 1 aliphatic rings. The van der Waals surface area contributed by atoms with Crippen LogP contribution >= 0.6 is 0 Å². The van der Waals surface area contributed by atoms with Gasteiger partial charge in [-0.2, -0.15) is 0 Å². The quantitative estimate of drug-likeness (QED) is 0.668. The Kier molecular flexibility index (Phi) is 7.28. The van der Waals surface area contributed by atoms with Gasteiger partial charge in [0, 0.05) is 24.6 Å². The minimum atomic E-state index is -0.123. The summed E-state index contributed by atoms with van der Waals surface area (Å²) >= 11 is 0. The molecule has 2 N–H and O–H groups in total. The van der Waals surface area contributed by atoms with E-state index in [-0.39, 0.29) is 11.3 Å². The van der Waals surface area contributed by atoms with Crippen LogP contribution in [0.15, 0.2) is 30.9 Å². The standard InChI is InChI=1S/C19H28N2O4/c1-4-11-25-16-6-5-15(12-17(16)24-3)18(22)21-13-19(14-23-2)7-9-20-10-8-19/h4-6,12,20H,1,7-11,13-14H2,2-3H3,(H,21,22). The number of piperidine rings is 1. The topological polar surface area (TPSA) is 68.8 Å². The maximum atomic E-state index is 12.5. The van der Waals surface area contributed by atoms with Gasteiger partial charge in [0.1, 0.15) is 6.61 Å². The molecular formula is C19H28N2O4. The van der Waals surface area contributed by atoms with Crippen LogP contribution in [0.25, 0.3) is 0 Å². The van der Waals surface area contributed by atoms with Gasteiger partial charge in [0.25, 0.3) is 5.91 Å². The highest BCUT2D eigenvalue weighted by Crippen LogP contribution is 2.30. The number of methoxy groups -OCH3 is 2. The van der Waals surface area contributed by atoms with Gasteiger partial charge in [-0.1, -0.05) is 12.7 Å². The first-order chi connectivity index (χ1) is 12.1. The van der Waals surface area contributed by atoms with Crippen LogP contribution in [-0.4, -0.2) is 53.0 Å². The van der Waals surface area contributed by atoms with Gasteiger partial charge in [-0.25, -0.2) is 0 Å². The molecule has 1 amide bonds. The molecule has 1 aromatic carbocycles. The second kappa shape index (κ2) is 9.44. The van der Waals surface area contributed by atoms with E-state index in [2.05, 4.69) is 17.2 Å². The summed E-state index contributed by atoms with van der Waals surface area (Å²) in [6.45, 7) is 7.14. The van der Waals surface area contributed by atoms with Gasteiger partial charge < -0.3 is 24.8 Å². The average molecular weight is 348 g/mol. The van der Waals surface area contributed by atoms with Gasteiger partial charge in [-0.15, -0.1) is 0 Å². The van der Waals surface area contributed by atoms with Crippen LogP contribution in [0.2, 0.25) is 0 Å². The van der Waals surface area contributed by atoms with E-state index >= 15 is 0 Å². The highest BCUT2D eigenvalue weighted by atomic mass is 16.5. The van der Waals surface area contributed by atoms with Crippen molar-refractivity contribution in [2.24, 2.45) is 5.41 Å². The Bertz CT molecular complexity index is 577. The van der Waals surface area contributed by atoms with Crippen LogP contribution in [-0.2, 0) is 4.74 Å². The molecule has 1 aliphatic heterocycles. The van der Waals surface area contributed by atoms with Gasteiger partial charge in [0.15, 0.2) is 11.5 Å². The predicted molar refractivity (Wildman–Crippen MR) is 97.4 cm³/mol. The average Bonchev–Trinajstić information content (AvgIpc) is 2.65. The number of benzene rings is 1. The molecule has 0 bridgehead atoms. The largest absolute Gasteiger partial charge is 0.493 e. The summed E-state index contributed by atoms with van der Waals surface area (Å²) in [6, 6.07) is 5.17. The van der Waals surface area contributed by atoms with Crippen molar-refractivity contribution in [3.8, 4) is 11.5 Å². The summed E-state index contributed by atoms with van der Waals surface area (Å²) < 4.78 is 16.2. The molecule has 0 saturated carbocycles. The van der Waals surface area contributed by atoms with E-state index in [1.807, 2.05) is 0 Å². The lowest BCUT2D eigenvalue weighted by Gasteiger charge is -2.37. The normalized spacial score (nSPS) is 16.1. The number of carbonyl (C=O) groups excluding carboxylic acids is 1. The van der Waals surface area contributed by atoms with Crippen molar-refractivity contribution in [1.29, 1.82) is 0 Å². The van der Waals surface area contributed by atoms with E-state index in [9.17, 15) is 4.79 Å². The van der Waals surface area contributed by atoms with E-state index in [1.54, 1.807) is 38.5 Å². The van der Waals surface area contributed by atoms with Crippen LogP contribution in [0, 0.1) is 5.41 Å². The predicted octanol–water partition coefficient (Wildman–Crippen LogP) is 2.01. The third kappa shape index (κ3) is 5.21. The molecule has 138 valence electrons. The van der Waals surface area contributed by atoms with E-state index in [4.69, 9.17) is 14.2 Å². The van der Waals surface area contributed by atoms with E-state index in [1.165, 1.54) is 0 Å². The molecular weight excluding hydrogens is 320 g/mol. The number of hydrogen-bond donors (Lipinski definition) is 2. The zero-order chi connectivity index (χ0) is 18.1. The molecule has 1 aromatic rings. The second-order valence-electron chi connectivity index (χ2n) is 6.33. The lowest BCUT2D eigenvalue weighted by molar-refractivity contribution is 0.0511. The van der Waals surface area contributed by atoms with E-state index in [0.29, 0.717) is 36.8 Å². The third-order valence-electron chi connectivity index (χ3n) is 4.52. The summed E-state index contributed by atoms with van der Waals surface area (Å²) in [7, 11) is 3.26. The fourth-order valence-corrected chi connectivity index (χ4v) is 3.08. The summed E-state index contributed by atoms with van der Waals surface area (Å²) in [6.07, 6.45) is 3.63. The molecule has 0 aromatic heterocycles. The van der Waals surface area contributed by atoms with Crippen LogP contribution in [0.3, 0.4) is 0 Å². The number of rotatable bonds is 9. The Morgan fingerprint density at radius 2 is 2.08 bits per heavy atom. The summed E-state index contributed by atoms with van der Waals surface area (Å²) in [5.74, 6) is 0.999. The van der Waals surface area contributed by atoms with Gasteiger partial charge >= 0.3 is 0 Å². The number of ether oxygens (including phenoxy) is 3. The molecule has 6 nitrogen and oxygen atoms in total. The van der Waals surface area contributed by atoms with Crippen molar-refractivity contribution in [2.75, 3.05) is 47.1 Å². The van der Waals surface area contributed by atoms with Crippen molar-refractivity contribution in [3.63, 3.8) is 0 Å². The Balaban J connectivity index is 2.03. The fourth-order valence-electron chi connectivity index (χ4n) is 3.08. The number of amides is 1. The first-order valence-electron chi connectivity index (χ1n) is 8.54. The number of hydrogen-bond acceptors (Lipinski definition) is 5.